The van der Waals surface area contributed by atoms with Gasteiger partial charge in [0.15, 0.2) is 11.3 Å². The number of aromatic nitrogens is 3. The lowest BCUT2D eigenvalue weighted by Gasteiger charge is -2.12. The molecule has 6 nitrogen and oxygen atoms in total. The van der Waals surface area contributed by atoms with Crippen molar-refractivity contribution in [2.45, 2.75) is 32.4 Å². The number of amides is 1. The highest BCUT2D eigenvalue weighted by atomic mass is 19.1. The van der Waals surface area contributed by atoms with E-state index in [4.69, 9.17) is 4.74 Å². The van der Waals surface area contributed by atoms with Crippen LogP contribution in [0.25, 0.3) is 16.9 Å². The molecule has 1 aliphatic carbocycles. The van der Waals surface area contributed by atoms with Crippen LogP contribution in [0.5, 0.6) is 0 Å². The molecule has 0 spiro atoms. The molecule has 27 heavy (non-hydrogen) atoms. The molecule has 140 valence electrons. The van der Waals surface area contributed by atoms with Crippen LogP contribution in [0.15, 0.2) is 36.7 Å². The standard InChI is InChI=1S/C20H21FN4O2/c1-12(13-3-4-13)23-20(26)18-19-24-16(10-27-2)9-17(25(19)11-22-18)14-5-7-15(21)8-6-14/h5-9,11-13H,3-4,10H2,1-2H3,(H,23,26). The van der Waals surface area contributed by atoms with Crippen LogP contribution in [0.1, 0.15) is 35.9 Å². The maximum Gasteiger partial charge on any atom is 0.274 e. The van der Waals surface area contributed by atoms with E-state index in [0.717, 1.165) is 24.1 Å². The molecule has 4 rings (SSSR count). The van der Waals surface area contributed by atoms with Crippen LogP contribution in [-0.4, -0.2) is 33.4 Å². The number of ether oxygens (including phenoxy) is 1. The molecule has 1 amide bonds. The van der Waals surface area contributed by atoms with Crippen molar-refractivity contribution in [3.63, 3.8) is 0 Å². The summed E-state index contributed by atoms with van der Waals surface area (Å²) in [4.78, 5) is 21.6. The minimum atomic E-state index is -0.305. The van der Waals surface area contributed by atoms with Crippen molar-refractivity contribution in [3.05, 3.63) is 53.9 Å². The molecule has 0 radical (unpaired) electrons. The minimum absolute atomic E-state index is 0.118. The maximum absolute atomic E-state index is 13.3. The summed E-state index contributed by atoms with van der Waals surface area (Å²) in [5.41, 5.74) is 2.99. The van der Waals surface area contributed by atoms with Crippen LogP contribution < -0.4 is 5.32 Å². The molecular weight excluding hydrogens is 347 g/mol. The van der Waals surface area contributed by atoms with Crippen LogP contribution in [-0.2, 0) is 11.3 Å². The van der Waals surface area contributed by atoms with Crippen LogP contribution in [0, 0.1) is 11.7 Å². The lowest BCUT2D eigenvalue weighted by Crippen LogP contribution is -2.34. The third kappa shape index (κ3) is 3.55. The lowest BCUT2D eigenvalue weighted by atomic mass is 10.1. The number of hydrogen-bond donors (Lipinski definition) is 1. The number of nitrogens with zero attached hydrogens (tertiary/aromatic N) is 3. The van der Waals surface area contributed by atoms with E-state index in [1.807, 2.05) is 13.0 Å². The summed E-state index contributed by atoms with van der Waals surface area (Å²) < 4.78 is 20.3. The van der Waals surface area contributed by atoms with Gasteiger partial charge in [0.2, 0.25) is 0 Å². The average molecular weight is 368 g/mol. The zero-order valence-electron chi connectivity index (χ0n) is 15.3. The third-order valence-electron chi connectivity index (χ3n) is 4.89. The second kappa shape index (κ2) is 7.08. The third-order valence-corrected chi connectivity index (χ3v) is 4.89. The summed E-state index contributed by atoms with van der Waals surface area (Å²) >= 11 is 0. The Balaban J connectivity index is 1.78. The first-order valence-corrected chi connectivity index (χ1v) is 8.99. The van der Waals surface area contributed by atoms with E-state index in [2.05, 4.69) is 15.3 Å². The smallest absolute Gasteiger partial charge is 0.274 e. The molecule has 1 unspecified atom stereocenters. The zero-order valence-corrected chi connectivity index (χ0v) is 15.3. The Morgan fingerprint density at radius 1 is 1.37 bits per heavy atom. The topological polar surface area (TPSA) is 68.5 Å². The molecule has 1 N–H and O–H groups in total. The fourth-order valence-electron chi connectivity index (χ4n) is 3.24. The highest BCUT2D eigenvalue weighted by Gasteiger charge is 2.30. The molecule has 7 heteroatoms. The predicted octanol–water partition coefficient (Wildman–Crippen LogP) is 3.21. The number of methoxy groups -OCH3 is 1. The zero-order chi connectivity index (χ0) is 19.0. The Bertz CT molecular complexity index is 980. The summed E-state index contributed by atoms with van der Waals surface area (Å²) in [6, 6.07) is 8.16. The molecule has 1 aromatic carbocycles. The highest BCUT2D eigenvalue weighted by Crippen LogP contribution is 2.32. The van der Waals surface area contributed by atoms with Gasteiger partial charge in [-0.1, -0.05) is 0 Å². The molecule has 2 heterocycles. The van der Waals surface area contributed by atoms with Gasteiger partial charge in [-0.3, -0.25) is 9.20 Å². The Morgan fingerprint density at radius 2 is 2.11 bits per heavy atom. The van der Waals surface area contributed by atoms with Crippen molar-refractivity contribution >= 4 is 11.6 Å². The van der Waals surface area contributed by atoms with E-state index in [9.17, 15) is 9.18 Å². The van der Waals surface area contributed by atoms with Gasteiger partial charge >= 0.3 is 0 Å². The van der Waals surface area contributed by atoms with Gasteiger partial charge in [0.05, 0.1) is 18.0 Å². The Kier molecular flexibility index (Phi) is 4.61. The number of hydrogen-bond acceptors (Lipinski definition) is 4. The average Bonchev–Trinajstić information content (AvgIpc) is 3.42. The molecule has 0 aliphatic heterocycles. The first-order valence-electron chi connectivity index (χ1n) is 8.99. The lowest BCUT2D eigenvalue weighted by molar-refractivity contribution is 0.0932. The van der Waals surface area contributed by atoms with Gasteiger partial charge < -0.3 is 10.1 Å². The molecule has 0 bridgehead atoms. The summed E-state index contributed by atoms with van der Waals surface area (Å²) in [6.45, 7) is 2.32. The number of carbonyl (C=O) groups is 1. The van der Waals surface area contributed by atoms with Gasteiger partial charge in [-0.15, -0.1) is 0 Å². The van der Waals surface area contributed by atoms with E-state index in [1.165, 1.54) is 12.1 Å². The van der Waals surface area contributed by atoms with Crippen molar-refractivity contribution in [2.24, 2.45) is 5.92 Å². The van der Waals surface area contributed by atoms with Crippen LogP contribution in [0.2, 0.25) is 0 Å². The molecule has 0 saturated heterocycles. The minimum Gasteiger partial charge on any atom is -0.378 e. The number of benzene rings is 1. The van der Waals surface area contributed by atoms with Gasteiger partial charge in [0, 0.05) is 13.2 Å². The van der Waals surface area contributed by atoms with Gasteiger partial charge in [0.1, 0.15) is 12.1 Å². The number of fused-ring (bicyclic) bond motifs is 1. The van der Waals surface area contributed by atoms with Crippen LogP contribution in [0.4, 0.5) is 4.39 Å². The first-order chi connectivity index (χ1) is 13.1. The number of carbonyl (C=O) groups excluding carboxylic acids is 1. The largest absolute Gasteiger partial charge is 0.378 e. The SMILES string of the molecule is COCc1cc(-c2ccc(F)cc2)n2cnc(C(=O)NC(C)C3CC3)c2n1. The number of halogens is 1. The molecule has 1 atom stereocenters. The number of imidazole rings is 1. The fraction of sp³-hybridized carbons (Fsp3) is 0.350. The molecular formula is C20H21FN4O2. The van der Waals surface area contributed by atoms with Gasteiger partial charge in [-0.25, -0.2) is 14.4 Å². The second-order valence-corrected chi connectivity index (χ2v) is 6.96. The van der Waals surface area contributed by atoms with E-state index in [-0.39, 0.29) is 23.5 Å². The van der Waals surface area contributed by atoms with Crippen LogP contribution >= 0.6 is 0 Å². The van der Waals surface area contributed by atoms with Gasteiger partial charge in [-0.2, -0.15) is 0 Å². The predicted molar refractivity (Wildman–Crippen MR) is 98.7 cm³/mol. The summed E-state index contributed by atoms with van der Waals surface area (Å²) in [6.07, 6.45) is 3.88. The monoisotopic (exact) mass is 368 g/mol. The number of rotatable bonds is 6. The molecule has 1 fully saturated rings. The summed E-state index contributed by atoms with van der Waals surface area (Å²) in [5.74, 6) is 0.0135. The molecule has 3 aromatic rings. The van der Waals surface area contributed by atoms with Gasteiger partial charge in [0.25, 0.3) is 5.91 Å². The highest BCUT2D eigenvalue weighted by molar-refractivity contribution is 5.98. The van der Waals surface area contributed by atoms with Gasteiger partial charge in [-0.05, 0) is 61.6 Å². The van der Waals surface area contributed by atoms with Crippen molar-refractivity contribution < 1.29 is 13.9 Å². The van der Waals surface area contributed by atoms with Crippen LogP contribution in [0.3, 0.4) is 0 Å². The van der Waals surface area contributed by atoms with Crippen molar-refractivity contribution in [3.8, 4) is 11.3 Å². The molecule has 2 aromatic heterocycles. The Hall–Kier alpha value is -2.80. The van der Waals surface area contributed by atoms with E-state index >= 15 is 0 Å². The summed E-state index contributed by atoms with van der Waals surface area (Å²) in [7, 11) is 1.59. The Morgan fingerprint density at radius 3 is 2.78 bits per heavy atom. The van der Waals surface area contributed by atoms with E-state index in [1.54, 1.807) is 30.0 Å². The van der Waals surface area contributed by atoms with Crippen molar-refractivity contribution in [1.29, 1.82) is 0 Å². The molecule has 1 aliphatic rings. The molecule has 1 saturated carbocycles. The summed E-state index contributed by atoms with van der Waals surface area (Å²) in [5, 5.41) is 3.02. The maximum atomic E-state index is 13.3. The van der Waals surface area contributed by atoms with Crippen molar-refractivity contribution in [1.82, 2.24) is 19.7 Å². The van der Waals surface area contributed by atoms with Crippen molar-refractivity contribution in [2.75, 3.05) is 7.11 Å². The quantitative estimate of drug-likeness (QED) is 0.725. The fourth-order valence-corrected chi connectivity index (χ4v) is 3.24. The Labute approximate surface area is 156 Å². The number of nitrogens with one attached hydrogen (secondary N) is 1. The van der Waals surface area contributed by atoms with E-state index in [0.29, 0.717) is 23.9 Å². The first kappa shape index (κ1) is 17.6. The van der Waals surface area contributed by atoms with E-state index < -0.39 is 0 Å². The second-order valence-electron chi connectivity index (χ2n) is 6.96. The normalized spacial score (nSPS) is 15.1.